The van der Waals surface area contributed by atoms with E-state index in [-0.39, 0.29) is 16.6 Å². The largest absolute Gasteiger partial charge is 0.507 e. The van der Waals surface area contributed by atoms with Gasteiger partial charge in [-0.2, -0.15) is 5.10 Å². The van der Waals surface area contributed by atoms with E-state index in [2.05, 4.69) is 52.1 Å². The highest BCUT2D eigenvalue weighted by Crippen LogP contribution is 2.40. The third-order valence-electron chi connectivity index (χ3n) is 5.25. The number of aliphatic imine (C=N–C) groups is 1. The molecule has 0 saturated carbocycles. The molecule has 0 unspecified atom stereocenters. The van der Waals surface area contributed by atoms with Crippen LogP contribution in [0.25, 0.3) is 0 Å². The minimum atomic E-state index is -0.292. The van der Waals surface area contributed by atoms with Crippen molar-refractivity contribution in [2.24, 2.45) is 10.1 Å². The predicted molar refractivity (Wildman–Crippen MR) is 135 cm³/mol. The summed E-state index contributed by atoms with van der Waals surface area (Å²) in [5, 5.41) is 15.4. The Kier molecular flexibility index (Phi) is 7.01. The summed E-state index contributed by atoms with van der Waals surface area (Å²) >= 11 is 0. The first kappa shape index (κ1) is 24.2. The number of halogens is 1. The summed E-state index contributed by atoms with van der Waals surface area (Å²) in [7, 11) is 0. The van der Waals surface area contributed by atoms with Gasteiger partial charge in [0.05, 0.1) is 11.9 Å². The Morgan fingerprint density at radius 2 is 1.39 bits per heavy atom. The number of amidine groups is 1. The fourth-order valence-electron chi connectivity index (χ4n) is 3.42. The van der Waals surface area contributed by atoms with Crippen LogP contribution in [0, 0.1) is 5.82 Å². The fraction of sp³-hybridized carbons (Fsp3) is 0.286. The number of hydrogen-bond acceptors (Lipinski definition) is 3. The van der Waals surface area contributed by atoms with Gasteiger partial charge in [0.15, 0.2) is 5.84 Å². The molecule has 0 fully saturated rings. The zero-order chi connectivity index (χ0) is 24.2. The van der Waals surface area contributed by atoms with E-state index < -0.39 is 0 Å². The van der Waals surface area contributed by atoms with Gasteiger partial charge in [-0.05, 0) is 52.8 Å². The predicted octanol–water partition coefficient (Wildman–Crippen LogP) is 6.83. The Morgan fingerprint density at radius 1 is 0.848 bits per heavy atom. The second kappa shape index (κ2) is 9.57. The summed E-state index contributed by atoms with van der Waals surface area (Å²) in [6, 6.07) is 19.7. The van der Waals surface area contributed by atoms with Gasteiger partial charge in [0.25, 0.3) is 0 Å². The van der Waals surface area contributed by atoms with E-state index in [9.17, 15) is 9.50 Å². The number of rotatable bonds is 4. The molecular formula is C28H32FN3O. The lowest BCUT2D eigenvalue weighted by Gasteiger charge is -2.28. The second-order valence-corrected chi connectivity index (χ2v) is 10.1. The van der Waals surface area contributed by atoms with Crippen LogP contribution in [-0.2, 0) is 10.8 Å². The van der Waals surface area contributed by atoms with Gasteiger partial charge < -0.3 is 5.11 Å². The van der Waals surface area contributed by atoms with Gasteiger partial charge >= 0.3 is 0 Å². The number of hydrogen-bond donors (Lipinski definition) is 2. The molecule has 0 aromatic heterocycles. The quantitative estimate of drug-likeness (QED) is 0.263. The van der Waals surface area contributed by atoms with Crippen molar-refractivity contribution in [2.45, 2.75) is 52.4 Å². The average Bonchev–Trinajstić information content (AvgIpc) is 2.74. The average molecular weight is 446 g/mol. The minimum Gasteiger partial charge on any atom is -0.507 e. The zero-order valence-electron chi connectivity index (χ0n) is 20.1. The summed E-state index contributed by atoms with van der Waals surface area (Å²) in [5.74, 6) is 0.572. The van der Waals surface area contributed by atoms with E-state index in [0.717, 1.165) is 27.9 Å². The summed E-state index contributed by atoms with van der Waals surface area (Å²) < 4.78 is 13.2. The maximum atomic E-state index is 13.2. The van der Waals surface area contributed by atoms with Crippen molar-refractivity contribution in [3.8, 4) is 5.75 Å². The molecular weight excluding hydrogens is 413 g/mol. The van der Waals surface area contributed by atoms with Gasteiger partial charge in [0, 0.05) is 16.7 Å². The van der Waals surface area contributed by atoms with E-state index in [1.165, 1.54) is 12.1 Å². The number of phenolic OH excluding ortho intramolecular Hbond substituents is 1. The van der Waals surface area contributed by atoms with Crippen molar-refractivity contribution < 1.29 is 9.50 Å². The summed E-state index contributed by atoms with van der Waals surface area (Å²) in [5.41, 5.74) is 6.58. The first-order chi connectivity index (χ1) is 15.4. The highest BCUT2D eigenvalue weighted by Gasteiger charge is 2.27. The molecule has 3 aromatic carbocycles. The van der Waals surface area contributed by atoms with E-state index in [4.69, 9.17) is 4.99 Å². The Bertz CT molecular complexity index is 1120. The molecule has 0 saturated heterocycles. The number of aromatic hydroxyl groups is 1. The van der Waals surface area contributed by atoms with Gasteiger partial charge in [-0.3, -0.25) is 5.43 Å². The molecule has 0 aliphatic carbocycles. The molecule has 0 heterocycles. The van der Waals surface area contributed by atoms with Crippen LogP contribution in [0.15, 0.2) is 76.8 Å². The number of benzene rings is 3. The molecule has 0 atom stereocenters. The van der Waals surface area contributed by atoms with E-state index >= 15 is 0 Å². The van der Waals surface area contributed by atoms with Gasteiger partial charge in [-0.1, -0.05) is 71.9 Å². The van der Waals surface area contributed by atoms with Crippen LogP contribution in [0.3, 0.4) is 0 Å². The summed E-state index contributed by atoms with van der Waals surface area (Å²) in [6.45, 7) is 12.5. The third-order valence-corrected chi connectivity index (χ3v) is 5.25. The van der Waals surface area contributed by atoms with Gasteiger partial charge in [0.2, 0.25) is 0 Å². The standard InChI is InChI=1S/C28H32FN3O/c1-27(2,3)23-16-20(17-24(25(23)33)28(4,5)6)26(31-22-10-8-7-9-11-22)32-30-18-19-12-14-21(29)15-13-19/h7-18,33H,1-6H3,(H,31,32)/b30-18+. The number of hydrazone groups is 1. The van der Waals surface area contributed by atoms with E-state index in [0.29, 0.717) is 11.6 Å². The van der Waals surface area contributed by atoms with Gasteiger partial charge in [0.1, 0.15) is 11.6 Å². The van der Waals surface area contributed by atoms with E-state index in [1.54, 1.807) is 18.3 Å². The molecule has 0 aliphatic rings. The Hall–Kier alpha value is -3.47. The lowest BCUT2D eigenvalue weighted by atomic mass is 9.78. The molecule has 0 radical (unpaired) electrons. The van der Waals surface area contributed by atoms with Crippen LogP contribution in [0.2, 0.25) is 0 Å². The van der Waals surface area contributed by atoms with Crippen molar-refractivity contribution in [3.63, 3.8) is 0 Å². The van der Waals surface area contributed by atoms with Crippen molar-refractivity contribution in [1.29, 1.82) is 0 Å². The van der Waals surface area contributed by atoms with Crippen LogP contribution in [0.5, 0.6) is 5.75 Å². The summed E-state index contributed by atoms with van der Waals surface area (Å²) in [4.78, 5) is 4.80. The monoisotopic (exact) mass is 445 g/mol. The molecule has 3 aromatic rings. The van der Waals surface area contributed by atoms with Gasteiger partial charge in [-0.25, -0.2) is 9.38 Å². The molecule has 0 aliphatic heterocycles. The Morgan fingerprint density at radius 3 is 1.91 bits per heavy atom. The second-order valence-electron chi connectivity index (χ2n) is 10.1. The van der Waals surface area contributed by atoms with Crippen LogP contribution in [-0.4, -0.2) is 17.2 Å². The Balaban J connectivity index is 2.11. The van der Waals surface area contributed by atoms with Crippen molar-refractivity contribution in [3.05, 3.63) is 94.8 Å². The maximum Gasteiger partial charge on any atom is 0.154 e. The van der Waals surface area contributed by atoms with Crippen molar-refractivity contribution >= 4 is 17.7 Å². The first-order valence-corrected chi connectivity index (χ1v) is 11.0. The van der Waals surface area contributed by atoms with E-state index in [1.807, 2.05) is 42.5 Å². The molecule has 3 rings (SSSR count). The molecule has 4 nitrogen and oxygen atoms in total. The normalized spacial score (nSPS) is 12.9. The fourth-order valence-corrected chi connectivity index (χ4v) is 3.42. The molecule has 0 amide bonds. The first-order valence-electron chi connectivity index (χ1n) is 11.0. The Labute approximate surface area is 195 Å². The van der Waals surface area contributed by atoms with Crippen LogP contribution in [0.4, 0.5) is 10.1 Å². The number of nitrogens with zero attached hydrogens (tertiary/aromatic N) is 2. The lowest BCUT2D eigenvalue weighted by Crippen LogP contribution is -2.23. The smallest absolute Gasteiger partial charge is 0.154 e. The van der Waals surface area contributed by atoms with Crippen molar-refractivity contribution in [1.82, 2.24) is 5.43 Å². The third kappa shape index (κ3) is 6.28. The van der Waals surface area contributed by atoms with Crippen molar-refractivity contribution in [2.75, 3.05) is 0 Å². The molecule has 2 N–H and O–H groups in total. The topological polar surface area (TPSA) is 57.0 Å². The minimum absolute atomic E-state index is 0.269. The summed E-state index contributed by atoms with van der Waals surface area (Å²) in [6.07, 6.45) is 1.62. The molecule has 33 heavy (non-hydrogen) atoms. The number of nitrogens with one attached hydrogen (secondary N) is 1. The molecule has 0 bridgehead atoms. The molecule has 5 heteroatoms. The maximum absolute atomic E-state index is 13.2. The van der Waals surface area contributed by atoms with Gasteiger partial charge in [-0.15, -0.1) is 0 Å². The van der Waals surface area contributed by atoms with Crippen LogP contribution in [0.1, 0.15) is 63.8 Å². The highest BCUT2D eigenvalue weighted by molar-refractivity contribution is 6.01. The SMILES string of the molecule is CC(C)(C)c1cc(C(=Nc2ccccc2)N/N=C/c2ccc(F)cc2)cc(C(C)(C)C)c1O. The highest BCUT2D eigenvalue weighted by atomic mass is 19.1. The van der Waals surface area contributed by atoms with Crippen LogP contribution < -0.4 is 5.43 Å². The molecule has 0 spiro atoms. The number of para-hydroxylation sites is 1. The lowest BCUT2D eigenvalue weighted by molar-refractivity contribution is 0.423. The molecule has 172 valence electrons. The zero-order valence-corrected chi connectivity index (χ0v) is 20.1. The number of phenols is 1. The van der Waals surface area contributed by atoms with Crippen LogP contribution >= 0.6 is 0 Å².